The van der Waals surface area contributed by atoms with Gasteiger partial charge in [-0.05, 0) is 0 Å². The Balaban J connectivity index is 2.34. The van der Waals surface area contributed by atoms with E-state index in [1.54, 1.807) is 0 Å². The maximum absolute atomic E-state index is 13.2. The Morgan fingerprint density at radius 2 is 2.05 bits per heavy atom. The molecule has 1 saturated heterocycles. The average Bonchev–Trinajstić information content (AvgIpc) is 2.68. The maximum Gasteiger partial charge on any atom is 0.272 e. The molecule has 4 atom stereocenters. The minimum Gasteiger partial charge on any atom is -0.393 e. The number of ether oxygens (including phenoxy) is 1. The highest BCUT2D eigenvalue weighted by atomic mass is 19.3. The zero-order chi connectivity index (χ0) is 15.9. The predicted octanol–water partition coefficient (Wildman–Crippen LogP) is -1.33. The summed E-state index contributed by atoms with van der Waals surface area (Å²) in [6.45, 7) is -1.33. The van der Waals surface area contributed by atoms with Crippen LogP contribution in [0.15, 0.2) is 12.0 Å². The summed E-state index contributed by atoms with van der Waals surface area (Å²) in [6, 6.07) is 0. The number of carbonyl (C=O) groups excluding carboxylic acids is 2. The average molecular weight is 311 g/mol. The van der Waals surface area contributed by atoms with Gasteiger partial charge in [0.1, 0.15) is 12.2 Å². The molecular formula is C11H12F3NO6. The number of rotatable bonds is 3. The molecule has 2 rings (SSSR count). The molecule has 3 N–H and O–H groups in total. The van der Waals surface area contributed by atoms with Gasteiger partial charge in [0.15, 0.2) is 17.7 Å². The van der Waals surface area contributed by atoms with Gasteiger partial charge < -0.3 is 20.1 Å². The Bertz CT molecular complexity index is 498. The largest absolute Gasteiger partial charge is 0.393 e. The van der Waals surface area contributed by atoms with Gasteiger partial charge in [0.05, 0.1) is 13.0 Å². The van der Waals surface area contributed by atoms with E-state index in [0.29, 0.717) is 11.1 Å². The van der Waals surface area contributed by atoms with Crippen molar-refractivity contribution in [2.24, 2.45) is 0 Å². The van der Waals surface area contributed by atoms with Gasteiger partial charge in [0.25, 0.3) is 6.43 Å². The summed E-state index contributed by atoms with van der Waals surface area (Å²) in [7, 11) is 0. The van der Waals surface area contributed by atoms with Crippen molar-refractivity contribution in [1.29, 1.82) is 0 Å². The summed E-state index contributed by atoms with van der Waals surface area (Å²) >= 11 is 0. The van der Waals surface area contributed by atoms with E-state index >= 15 is 0 Å². The highest BCUT2D eigenvalue weighted by Crippen LogP contribution is 2.38. The van der Waals surface area contributed by atoms with Crippen molar-refractivity contribution < 1.29 is 42.8 Å². The molecule has 0 aromatic rings. The lowest BCUT2D eigenvalue weighted by atomic mass is 9.96. The van der Waals surface area contributed by atoms with E-state index in [0.717, 1.165) is 0 Å². The molecule has 0 aromatic heterocycles. The minimum atomic E-state index is -3.37. The molecule has 7 nitrogen and oxygen atoms in total. The molecule has 2 heterocycles. The second kappa shape index (κ2) is 5.37. The van der Waals surface area contributed by atoms with E-state index in [1.807, 2.05) is 0 Å². The molecule has 0 aliphatic carbocycles. The van der Waals surface area contributed by atoms with Crippen LogP contribution in [0, 0.1) is 0 Å². The highest BCUT2D eigenvalue weighted by Gasteiger charge is 2.61. The van der Waals surface area contributed by atoms with Crippen LogP contribution >= 0.6 is 0 Å². The fourth-order valence-corrected chi connectivity index (χ4v) is 2.21. The molecule has 21 heavy (non-hydrogen) atoms. The first kappa shape index (κ1) is 15.9. The van der Waals surface area contributed by atoms with E-state index < -0.39 is 61.0 Å². The fraction of sp³-hybridized carbons (Fsp3) is 0.636. The normalized spacial score (nSPS) is 37.4. The van der Waals surface area contributed by atoms with E-state index in [9.17, 15) is 33.0 Å². The number of aliphatic hydroxyl groups is 3. The van der Waals surface area contributed by atoms with E-state index in [2.05, 4.69) is 0 Å². The number of nitrogens with zero attached hydrogens (tertiary/aromatic N) is 1. The highest BCUT2D eigenvalue weighted by molar-refractivity contribution is 6.08. The van der Waals surface area contributed by atoms with Crippen LogP contribution in [-0.2, 0) is 14.3 Å². The third kappa shape index (κ3) is 2.33. The van der Waals surface area contributed by atoms with E-state index in [-0.39, 0.29) is 0 Å². The number of aliphatic hydroxyl groups excluding tert-OH is 3. The number of halogens is 3. The number of alkyl halides is 2. The van der Waals surface area contributed by atoms with Crippen LogP contribution in [0.1, 0.15) is 6.42 Å². The van der Waals surface area contributed by atoms with Crippen LogP contribution in [0.5, 0.6) is 0 Å². The van der Waals surface area contributed by atoms with Crippen molar-refractivity contribution in [1.82, 2.24) is 4.90 Å². The molecule has 118 valence electrons. The van der Waals surface area contributed by atoms with Gasteiger partial charge in [-0.2, -0.15) is 0 Å². The molecule has 0 bridgehead atoms. The molecule has 0 saturated carbocycles. The van der Waals surface area contributed by atoms with Gasteiger partial charge in [-0.15, -0.1) is 0 Å². The van der Waals surface area contributed by atoms with Gasteiger partial charge >= 0.3 is 0 Å². The van der Waals surface area contributed by atoms with Crippen LogP contribution in [-0.4, -0.2) is 69.0 Å². The summed E-state index contributed by atoms with van der Waals surface area (Å²) in [5.41, 5.74) is -2.80. The summed E-state index contributed by atoms with van der Waals surface area (Å²) in [6.07, 6.45) is -9.86. The van der Waals surface area contributed by atoms with Gasteiger partial charge in [-0.3, -0.25) is 14.5 Å². The van der Waals surface area contributed by atoms with Gasteiger partial charge in [0, 0.05) is 6.20 Å². The first-order valence-corrected chi connectivity index (χ1v) is 5.89. The molecule has 0 unspecified atom stereocenters. The van der Waals surface area contributed by atoms with Gasteiger partial charge in [-0.1, -0.05) is 0 Å². The fourth-order valence-electron chi connectivity index (χ4n) is 2.21. The maximum atomic E-state index is 13.2. The number of hydrogen-bond acceptors (Lipinski definition) is 6. The van der Waals surface area contributed by atoms with Gasteiger partial charge in [0.2, 0.25) is 11.7 Å². The molecule has 10 heteroatoms. The summed E-state index contributed by atoms with van der Waals surface area (Å²) < 4.78 is 44.0. The predicted molar refractivity (Wildman–Crippen MR) is 58.4 cm³/mol. The molecule has 0 radical (unpaired) electrons. The van der Waals surface area contributed by atoms with Crippen LogP contribution in [0.3, 0.4) is 0 Å². The number of amides is 1. The van der Waals surface area contributed by atoms with Crippen molar-refractivity contribution in [2.75, 3.05) is 6.61 Å². The Labute approximate surface area is 116 Å². The second-order valence-electron chi connectivity index (χ2n) is 4.74. The first-order valence-electron chi connectivity index (χ1n) is 5.89. The van der Waals surface area contributed by atoms with Crippen LogP contribution in [0.2, 0.25) is 0 Å². The third-order valence-corrected chi connectivity index (χ3v) is 3.47. The van der Waals surface area contributed by atoms with Gasteiger partial charge in [-0.25, -0.2) is 13.2 Å². The quantitative estimate of drug-likeness (QED) is 0.558. The standard InChI is InChI=1S/C11H12F3NO6/c12-4-2-15(6(18)1-5(4)17)9-7(19)8(20)11(3-16,21-9)10(13)14/h2,7-10,16,19-20H,1,3H2/t7-,8+,9-,11-/m1/s1. The number of carbonyl (C=O) groups is 2. The van der Waals surface area contributed by atoms with Crippen molar-refractivity contribution in [2.45, 2.75) is 36.9 Å². The monoisotopic (exact) mass is 311 g/mol. The lowest BCUT2D eigenvalue weighted by Gasteiger charge is -2.31. The Morgan fingerprint density at radius 3 is 2.52 bits per heavy atom. The van der Waals surface area contributed by atoms with Crippen LogP contribution in [0.25, 0.3) is 0 Å². The topological polar surface area (TPSA) is 107 Å². The molecule has 1 fully saturated rings. The SMILES string of the molecule is O=C1CC(=O)N([C@@H]2O[C@@](CO)(C(F)F)[C@@H](O)[C@H]2O)C=C1F. The summed E-state index contributed by atoms with van der Waals surface area (Å²) in [5.74, 6) is -3.38. The van der Waals surface area contributed by atoms with E-state index in [1.165, 1.54) is 0 Å². The van der Waals surface area contributed by atoms with E-state index in [4.69, 9.17) is 9.84 Å². The molecule has 2 aliphatic heterocycles. The van der Waals surface area contributed by atoms with Crippen molar-refractivity contribution in [3.63, 3.8) is 0 Å². The number of ketones is 1. The zero-order valence-electron chi connectivity index (χ0n) is 10.4. The first-order chi connectivity index (χ1) is 9.74. The zero-order valence-corrected chi connectivity index (χ0v) is 10.4. The van der Waals surface area contributed by atoms with Crippen LogP contribution < -0.4 is 0 Å². The molecule has 0 spiro atoms. The Hall–Kier alpha value is -1.49. The smallest absolute Gasteiger partial charge is 0.272 e. The Morgan fingerprint density at radius 1 is 1.43 bits per heavy atom. The van der Waals surface area contributed by atoms with Crippen LogP contribution in [0.4, 0.5) is 13.2 Å². The summed E-state index contributed by atoms with van der Waals surface area (Å²) in [5, 5.41) is 28.4. The Kier molecular flexibility index (Phi) is 4.06. The number of Topliss-reactive ketones (excluding diaryl/α,β-unsaturated/α-hetero) is 1. The molecule has 2 aliphatic rings. The minimum absolute atomic E-state index is 0.410. The number of allylic oxidation sites excluding steroid dienone is 1. The molecular weight excluding hydrogens is 299 g/mol. The van der Waals surface area contributed by atoms with Crippen molar-refractivity contribution >= 4 is 11.7 Å². The summed E-state index contributed by atoms with van der Waals surface area (Å²) in [4.78, 5) is 23.0. The molecule has 0 aromatic carbocycles. The number of hydrogen-bond donors (Lipinski definition) is 3. The lowest BCUT2D eigenvalue weighted by Crippen LogP contribution is -2.52. The van der Waals surface area contributed by atoms with Crippen molar-refractivity contribution in [3.05, 3.63) is 12.0 Å². The lowest BCUT2D eigenvalue weighted by molar-refractivity contribution is -0.202. The molecule has 1 amide bonds. The second-order valence-corrected chi connectivity index (χ2v) is 4.74. The van der Waals surface area contributed by atoms with Crippen molar-refractivity contribution in [3.8, 4) is 0 Å². The third-order valence-electron chi connectivity index (χ3n) is 3.47.